The van der Waals surface area contributed by atoms with Crippen molar-refractivity contribution in [3.63, 3.8) is 0 Å². The second kappa shape index (κ2) is 5.56. The summed E-state index contributed by atoms with van der Waals surface area (Å²) in [7, 11) is -1.56. The molecule has 1 aliphatic rings. The van der Waals surface area contributed by atoms with Crippen molar-refractivity contribution in [2.75, 3.05) is 31.0 Å². The van der Waals surface area contributed by atoms with E-state index in [0.717, 1.165) is 11.0 Å². The van der Waals surface area contributed by atoms with Crippen LogP contribution in [0.2, 0.25) is 0 Å². The minimum absolute atomic E-state index is 0.255. The molecule has 0 aromatic heterocycles. The van der Waals surface area contributed by atoms with E-state index in [1.165, 1.54) is 4.31 Å². The predicted octanol–water partition coefficient (Wildman–Crippen LogP) is 0.939. The number of rotatable bonds is 3. The Balaban J connectivity index is 2.30. The van der Waals surface area contributed by atoms with Gasteiger partial charge in [0.25, 0.3) is 0 Å². The Morgan fingerprint density at radius 2 is 2.22 bits per heavy atom. The molecule has 18 heavy (non-hydrogen) atoms. The molecule has 0 aliphatic carbocycles. The van der Waals surface area contributed by atoms with Gasteiger partial charge in [-0.25, -0.2) is 0 Å². The molecule has 2 N–H and O–H groups in total. The summed E-state index contributed by atoms with van der Waals surface area (Å²) in [5.41, 5.74) is 0.672. The second-order valence-electron chi connectivity index (χ2n) is 4.26. The first-order valence-electron chi connectivity index (χ1n) is 5.71. The van der Waals surface area contributed by atoms with Crippen molar-refractivity contribution >= 4 is 31.8 Å². The van der Waals surface area contributed by atoms with Crippen LogP contribution in [0.1, 0.15) is 0 Å². The summed E-state index contributed by atoms with van der Waals surface area (Å²) in [6.07, 6.45) is 0. The van der Waals surface area contributed by atoms with Crippen LogP contribution in [0.4, 0.5) is 5.69 Å². The summed E-state index contributed by atoms with van der Waals surface area (Å²) >= 11 is 3.39. The highest BCUT2D eigenvalue weighted by atomic mass is 79.9. The van der Waals surface area contributed by atoms with E-state index in [2.05, 4.69) is 26.0 Å². The van der Waals surface area contributed by atoms with E-state index in [0.29, 0.717) is 18.8 Å². The van der Waals surface area contributed by atoms with E-state index < -0.39 is 10.2 Å². The summed E-state index contributed by atoms with van der Waals surface area (Å²) < 4.78 is 28.9. The Morgan fingerprint density at radius 1 is 1.50 bits per heavy atom. The Morgan fingerprint density at radius 3 is 2.89 bits per heavy atom. The molecule has 1 heterocycles. The fourth-order valence-electron chi connectivity index (χ4n) is 2.01. The smallest absolute Gasteiger partial charge is 0.301 e. The first-order chi connectivity index (χ1) is 8.54. The van der Waals surface area contributed by atoms with Crippen LogP contribution >= 0.6 is 15.9 Å². The fourth-order valence-corrected chi connectivity index (χ4v) is 4.05. The normalized spacial score (nSPS) is 23.0. The number of hydrogen-bond acceptors (Lipinski definition) is 3. The quantitative estimate of drug-likeness (QED) is 0.865. The van der Waals surface area contributed by atoms with E-state index in [1.54, 1.807) is 6.07 Å². The maximum atomic E-state index is 12.1. The first-order valence-corrected chi connectivity index (χ1v) is 7.94. The van der Waals surface area contributed by atoms with Gasteiger partial charge in [-0.2, -0.15) is 13.1 Å². The van der Waals surface area contributed by atoms with Gasteiger partial charge in [0.05, 0.1) is 5.69 Å². The molecule has 1 unspecified atom stereocenters. The molecular formula is C11H16BrN3O2S. The third-order valence-corrected chi connectivity index (χ3v) is 5.01. The van der Waals surface area contributed by atoms with Gasteiger partial charge in [-0.1, -0.05) is 12.1 Å². The molecule has 5 nitrogen and oxygen atoms in total. The van der Waals surface area contributed by atoms with Gasteiger partial charge in [-0.3, -0.25) is 4.31 Å². The lowest BCUT2D eigenvalue weighted by Gasteiger charge is -2.34. The number of para-hydroxylation sites is 1. The molecule has 0 bridgehead atoms. The zero-order chi connectivity index (χ0) is 13.2. The monoisotopic (exact) mass is 333 g/mol. The van der Waals surface area contributed by atoms with Crippen molar-refractivity contribution in [3.8, 4) is 0 Å². The number of hydrogen-bond donors (Lipinski definition) is 2. The van der Waals surface area contributed by atoms with E-state index in [-0.39, 0.29) is 5.92 Å². The maximum Gasteiger partial charge on any atom is 0.301 e. The summed E-state index contributed by atoms with van der Waals surface area (Å²) in [5, 5.41) is 3.08. The van der Waals surface area contributed by atoms with Gasteiger partial charge in [-0.15, -0.1) is 0 Å². The number of nitrogens with zero attached hydrogens (tertiary/aromatic N) is 1. The zero-order valence-corrected chi connectivity index (χ0v) is 12.5. The molecule has 1 aromatic carbocycles. The van der Waals surface area contributed by atoms with E-state index in [1.807, 2.05) is 25.2 Å². The standard InChI is InChI=1S/C11H16BrN3O2S/c1-13-6-9-7-14-18(16,17)15(8-9)11-5-3-2-4-10(11)12/h2-5,9,13-14H,6-8H2,1H3. The van der Waals surface area contributed by atoms with Crippen molar-refractivity contribution in [1.29, 1.82) is 0 Å². The SMILES string of the molecule is CNCC1CNS(=O)(=O)N(c2ccccc2Br)C1. The van der Waals surface area contributed by atoms with Crippen LogP contribution in [0.15, 0.2) is 28.7 Å². The van der Waals surface area contributed by atoms with Gasteiger partial charge < -0.3 is 5.32 Å². The van der Waals surface area contributed by atoms with E-state index in [9.17, 15) is 8.42 Å². The molecule has 1 aromatic rings. The molecule has 100 valence electrons. The summed E-state index contributed by atoms with van der Waals surface area (Å²) in [6, 6.07) is 7.33. The van der Waals surface area contributed by atoms with Crippen molar-refractivity contribution in [3.05, 3.63) is 28.7 Å². The molecule has 2 rings (SSSR count). The summed E-state index contributed by atoms with van der Waals surface area (Å²) in [5.74, 6) is 0.255. The van der Waals surface area contributed by atoms with E-state index >= 15 is 0 Å². The summed E-state index contributed by atoms with van der Waals surface area (Å²) in [4.78, 5) is 0. The van der Waals surface area contributed by atoms with Crippen molar-refractivity contribution in [2.45, 2.75) is 0 Å². The fraction of sp³-hybridized carbons (Fsp3) is 0.455. The van der Waals surface area contributed by atoms with Gasteiger partial charge in [0.15, 0.2) is 0 Å². The molecular weight excluding hydrogens is 318 g/mol. The number of halogens is 1. The molecule has 1 saturated heterocycles. The predicted molar refractivity (Wildman–Crippen MR) is 75.8 cm³/mol. The number of benzene rings is 1. The van der Waals surface area contributed by atoms with Crippen molar-refractivity contribution in [1.82, 2.24) is 10.0 Å². The van der Waals surface area contributed by atoms with Crippen LogP contribution < -0.4 is 14.3 Å². The third kappa shape index (κ3) is 2.85. The highest BCUT2D eigenvalue weighted by Crippen LogP contribution is 2.29. The highest BCUT2D eigenvalue weighted by molar-refractivity contribution is 9.10. The second-order valence-corrected chi connectivity index (χ2v) is 6.79. The number of anilines is 1. The van der Waals surface area contributed by atoms with Crippen LogP contribution in [0.3, 0.4) is 0 Å². The molecule has 7 heteroatoms. The third-order valence-electron chi connectivity index (χ3n) is 2.88. The zero-order valence-electron chi connectivity index (χ0n) is 10.1. The van der Waals surface area contributed by atoms with Crippen LogP contribution in [0.5, 0.6) is 0 Å². The molecule has 1 fully saturated rings. The Bertz CT molecular complexity index is 521. The minimum atomic E-state index is -3.42. The molecule has 0 radical (unpaired) electrons. The topological polar surface area (TPSA) is 61.4 Å². The van der Waals surface area contributed by atoms with Gasteiger partial charge in [0, 0.05) is 30.0 Å². The van der Waals surface area contributed by atoms with E-state index in [4.69, 9.17) is 0 Å². The lowest BCUT2D eigenvalue weighted by Crippen LogP contribution is -2.53. The molecule has 0 spiro atoms. The Labute approximate surface area is 116 Å². The Kier molecular flexibility index (Phi) is 4.26. The lowest BCUT2D eigenvalue weighted by atomic mass is 10.1. The van der Waals surface area contributed by atoms with Crippen LogP contribution in [-0.2, 0) is 10.2 Å². The summed E-state index contributed by atoms with van der Waals surface area (Å²) in [6.45, 7) is 1.74. The Hall–Kier alpha value is -0.630. The minimum Gasteiger partial charge on any atom is -0.319 e. The largest absolute Gasteiger partial charge is 0.319 e. The van der Waals surface area contributed by atoms with Gasteiger partial charge in [-0.05, 0) is 35.1 Å². The van der Waals surface area contributed by atoms with Gasteiger partial charge in [0.1, 0.15) is 0 Å². The molecule has 1 atom stereocenters. The highest BCUT2D eigenvalue weighted by Gasteiger charge is 2.31. The van der Waals surface area contributed by atoms with Crippen LogP contribution in [-0.4, -0.2) is 35.1 Å². The molecule has 0 amide bonds. The average molecular weight is 334 g/mol. The molecule has 1 aliphatic heterocycles. The van der Waals surface area contributed by atoms with Crippen LogP contribution in [0, 0.1) is 5.92 Å². The first kappa shape index (κ1) is 13.8. The average Bonchev–Trinajstić information content (AvgIpc) is 2.33. The lowest BCUT2D eigenvalue weighted by molar-refractivity contribution is 0.464. The van der Waals surface area contributed by atoms with Crippen LogP contribution in [0.25, 0.3) is 0 Å². The molecule has 0 saturated carbocycles. The maximum absolute atomic E-state index is 12.1. The van der Waals surface area contributed by atoms with Crippen molar-refractivity contribution < 1.29 is 8.42 Å². The van der Waals surface area contributed by atoms with Gasteiger partial charge in [0.2, 0.25) is 0 Å². The number of nitrogens with one attached hydrogen (secondary N) is 2. The van der Waals surface area contributed by atoms with Gasteiger partial charge >= 0.3 is 10.2 Å². The van der Waals surface area contributed by atoms with Crippen molar-refractivity contribution in [2.24, 2.45) is 5.92 Å².